The van der Waals surface area contributed by atoms with Crippen molar-refractivity contribution in [3.8, 4) is 0 Å². The molecule has 1 aromatic heterocycles. The summed E-state index contributed by atoms with van der Waals surface area (Å²) in [6.45, 7) is 2.06. The Kier molecular flexibility index (Phi) is 4.27. The zero-order valence-corrected chi connectivity index (χ0v) is 12.4. The average Bonchev–Trinajstić information content (AvgIpc) is 2.41. The molecule has 3 N–H and O–H groups in total. The fraction of sp³-hybridized carbons (Fsp3) is 0.154. The highest BCUT2D eigenvalue weighted by Crippen LogP contribution is 2.22. The highest BCUT2D eigenvalue weighted by Gasteiger charge is 2.15. The van der Waals surface area contributed by atoms with Crippen LogP contribution in [0.3, 0.4) is 0 Å². The van der Waals surface area contributed by atoms with Crippen molar-refractivity contribution in [2.45, 2.75) is 18.4 Å². The lowest BCUT2D eigenvalue weighted by molar-refractivity contribution is 0.581. The number of sulfonamides is 1. The quantitative estimate of drug-likeness (QED) is 0.847. The van der Waals surface area contributed by atoms with Crippen molar-refractivity contribution >= 4 is 27.3 Å². The Morgan fingerprint density at radius 3 is 2.75 bits per heavy atom. The van der Waals surface area contributed by atoms with E-state index in [-0.39, 0.29) is 16.5 Å². The van der Waals surface area contributed by atoms with Crippen molar-refractivity contribution in [2.24, 2.45) is 0 Å². The molecule has 0 aliphatic heterocycles. The van der Waals surface area contributed by atoms with Crippen LogP contribution < -0.4 is 10.5 Å². The number of aromatic nitrogens is 1. The normalized spacial score (nSPS) is 11.5. The summed E-state index contributed by atoms with van der Waals surface area (Å²) in [4.78, 5) is 4.05. The molecule has 0 aliphatic carbocycles. The second-order valence-corrected chi connectivity index (χ2v) is 6.48. The Morgan fingerprint density at radius 2 is 2.10 bits per heavy atom. The molecule has 1 heterocycles. The fourth-order valence-electron chi connectivity index (χ4n) is 1.61. The number of pyridine rings is 1. The maximum Gasteiger partial charge on any atom is 0.240 e. The number of rotatable bonds is 4. The first-order valence-corrected chi connectivity index (χ1v) is 7.70. The highest BCUT2D eigenvalue weighted by molar-refractivity contribution is 7.89. The van der Waals surface area contributed by atoms with Gasteiger partial charge in [-0.2, -0.15) is 0 Å². The van der Waals surface area contributed by atoms with Crippen molar-refractivity contribution in [1.29, 1.82) is 0 Å². The van der Waals surface area contributed by atoms with E-state index >= 15 is 0 Å². The number of nitrogens with two attached hydrogens (primary N) is 1. The number of hydrogen-bond donors (Lipinski definition) is 2. The second-order valence-electron chi connectivity index (χ2n) is 4.31. The number of nitrogens with one attached hydrogen (secondary N) is 1. The van der Waals surface area contributed by atoms with Crippen molar-refractivity contribution < 1.29 is 8.42 Å². The summed E-state index contributed by atoms with van der Waals surface area (Å²) >= 11 is 5.84. The molecule has 0 amide bonds. The van der Waals surface area contributed by atoms with Crippen LogP contribution >= 0.6 is 11.6 Å². The number of hydrogen-bond acceptors (Lipinski definition) is 4. The van der Waals surface area contributed by atoms with E-state index in [1.165, 1.54) is 18.2 Å². The molecule has 7 heteroatoms. The van der Waals surface area contributed by atoms with Gasteiger partial charge in [-0.1, -0.05) is 11.6 Å². The van der Waals surface area contributed by atoms with Gasteiger partial charge in [0.2, 0.25) is 10.0 Å². The lowest BCUT2D eigenvalue weighted by Crippen LogP contribution is -2.23. The van der Waals surface area contributed by atoms with Crippen LogP contribution in [0.5, 0.6) is 0 Å². The largest absolute Gasteiger partial charge is 0.398 e. The monoisotopic (exact) mass is 311 g/mol. The van der Waals surface area contributed by atoms with E-state index < -0.39 is 10.0 Å². The smallest absolute Gasteiger partial charge is 0.240 e. The van der Waals surface area contributed by atoms with Gasteiger partial charge in [-0.15, -0.1) is 0 Å². The lowest BCUT2D eigenvalue weighted by Gasteiger charge is -2.09. The first kappa shape index (κ1) is 14.8. The summed E-state index contributed by atoms with van der Waals surface area (Å²) < 4.78 is 26.8. The third kappa shape index (κ3) is 3.27. The van der Waals surface area contributed by atoms with Crippen LogP contribution in [0.2, 0.25) is 5.02 Å². The highest BCUT2D eigenvalue weighted by atomic mass is 35.5. The van der Waals surface area contributed by atoms with Crippen molar-refractivity contribution in [1.82, 2.24) is 9.71 Å². The lowest BCUT2D eigenvalue weighted by atomic mass is 10.2. The third-order valence-corrected chi connectivity index (χ3v) is 4.61. The Morgan fingerprint density at radius 1 is 1.35 bits per heavy atom. The third-order valence-electron chi connectivity index (χ3n) is 2.88. The predicted molar refractivity (Wildman–Crippen MR) is 78.9 cm³/mol. The van der Waals surface area contributed by atoms with E-state index in [1.54, 1.807) is 12.4 Å². The summed E-state index contributed by atoms with van der Waals surface area (Å²) in [5.41, 5.74) is 7.69. The SMILES string of the molecule is Cc1ccncc1CNS(=O)(=O)c1ccc(N)c(Cl)c1. The number of anilines is 1. The molecule has 0 unspecified atom stereocenters. The van der Waals surface area contributed by atoms with Crippen LogP contribution in [-0.4, -0.2) is 13.4 Å². The minimum absolute atomic E-state index is 0.0817. The van der Waals surface area contributed by atoms with E-state index in [1.807, 2.05) is 13.0 Å². The van der Waals surface area contributed by atoms with Gasteiger partial charge in [0.05, 0.1) is 15.6 Å². The first-order valence-electron chi connectivity index (χ1n) is 5.84. The molecule has 0 saturated heterocycles. The number of nitrogen functional groups attached to an aromatic ring is 1. The van der Waals surface area contributed by atoms with Gasteiger partial charge < -0.3 is 5.73 Å². The van der Waals surface area contributed by atoms with Gasteiger partial charge in [0.15, 0.2) is 0 Å². The van der Waals surface area contributed by atoms with Crippen LogP contribution in [0.1, 0.15) is 11.1 Å². The van der Waals surface area contributed by atoms with Gasteiger partial charge in [-0.25, -0.2) is 13.1 Å². The van der Waals surface area contributed by atoms with E-state index in [0.717, 1.165) is 11.1 Å². The van der Waals surface area contributed by atoms with Gasteiger partial charge >= 0.3 is 0 Å². The van der Waals surface area contributed by atoms with Gasteiger partial charge in [0, 0.05) is 18.9 Å². The molecule has 0 saturated carbocycles. The molecule has 1 aromatic carbocycles. The molecule has 0 atom stereocenters. The van der Waals surface area contributed by atoms with Crippen LogP contribution in [0, 0.1) is 6.92 Å². The maximum absolute atomic E-state index is 12.1. The minimum Gasteiger partial charge on any atom is -0.398 e. The number of nitrogens with zero attached hydrogens (tertiary/aromatic N) is 1. The molecular weight excluding hydrogens is 298 g/mol. The van der Waals surface area contributed by atoms with Crippen molar-refractivity contribution in [3.63, 3.8) is 0 Å². The summed E-state index contributed by atoms with van der Waals surface area (Å²) in [5.74, 6) is 0. The fourth-order valence-corrected chi connectivity index (χ4v) is 2.89. The zero-order chi connectivity index (χ0) is 14.8. The topological polar surface area (TPSA) is 85.1 Å². The zero-order valence-electron chi connectivity index (χ0n) is 10.8. The van der Waals surface area contributed by atoms with E-state index in [4.69, 9.17) is 17.3 Å². The molecular formula is C13H14ClN3O2S. The molecule has 0 bridgehead atoms. The van der Waals surface area contributed by atoms with Gasteiger partial charge in [-0.05, 0) is 42.3 Å². The Labute approximate surface area is 122 Å². The van der Waals surface area contributed by atoms with Crippen LogP contribution in [0.4, 0.5) is 5.69 Å². The average molecular weight is 312 g/mol. The Bertz CT molecular complexity index is 732. The first-order chi connectivity index (χ1) is 9.40. The molecule has 2 aromatic rings. The Hall–Kier alpha value is -1.63. The number of halogens is 1. The second kappa shape index (κ2) is 5.78. The summed E-state index contributed by atoms with van der Waals surface area (Å²) in [6, 6.07) is 6.03. The number of benzene rings is 1. The summed E-state index contributed by atoms with van der Waals surface area (Å²) in [6.07, 6.45) is 3.29. The molecule has 0 spiro atoms. The van der Waals surface area contributed by atoms with E-state index in [0.29, 0.717) is 5.69 Å². The standard InChI is InChI=1S/C13H14ClN3O2S/c1-9-4-5-16-7-10(9)8-17-20(18,19)11-2-3-13(15)12(14)6-11/h2-7,17H,8,15H2,1H3. The van der Waals surface area contributed by atoms with Crippen LogP contribution in [0.25, 0.3) is 0 Å². The molecule has 5 nitrogen and oxygen atoms in total. The summed E-state index contributed by atoms with van der Waals surface area (Å²) in [7, 11) is -3.63. The van der Waals surface area contributed by atoms with Gasteiger partial charge in [0.25, 0.3) is 0 Å². The van der Waals surface area contributed by atoms with E-state index in [2.05, 4.69) is 9.71 Å². The Balaban J connectivity index is 2.19. The van der Waals surface area contributed by atoms with Crippen molar-refractivity contribution in [2.75, 3.05) is 5.73 Å². The predicted octanol–water partition coefficient (Wildman–Crippen LogP) is 2.10. The maximum atomic E-state index is 12.1. The number of aryl methyl sites for hydroxylation is 1. The van der Waals surface area contributed by atoms with Crippen LogP contribution in [-0.2, 0) is 16.6 Å². The molecule has 0 radical (unpaired) electrons. The molecule has 0 aliphatic rings. The van der Waals surface area contributed by atoms with Gasteiger partial charge in [0.1, 0.15) is 0 Å². The van der Waals surface area contributed by atoms with E-state index in [9.17, 15) is 8.42 Å². The minimum atomic E-state index is -3.63. The summed E-state index contributed by atoms with van der Waals surface area (Å²) in [5, 5.41) is 0.213. The van der Waals surface area contributed by atoms with Crippen molar-refractivity contribution in [3.05, 3.63) is 52.8 Å². The molecule has 2 rings (SSSR count). The van der Waals surface area contributed by atoms with Gasteiger partial charge in [-0.3, -0.25) is 4.98 Å². The molecule has 0 fully saturated rings. The molecule has 20 heavy (non-hydrogen) atoms. The molecule has 106 valence electrons. The van der Waals surface area contributed by atoms with Crippen LogP contribution in [0.15, 0.2) is 41.6 Å².